The van der Waals surface area contributed by atoms with Crippen LogP contribution in [0.3, 0.4) is 0 Å². The zero-order chi connectivity index (χ0) is 13.1. The number of halogens is 1. The lowest BCUT2D eigenvalue weighted by Gasteiger charge is -1.98. The van der Waals surface area contributed by atoms with Crippen LogP contribution >= 0.6 is 15.9 Å². The molecule has 0 saturated carbocycles. The molecule has 4 nitrogen and oxygen atoms in total. The van der Waals surface area contributed by atoms with Crippen molar-refractivity contribution in [3.05, 3.63) is 46.0 Å². The standard InChI is InChI=1S/C13H13BrN2O2/c1-8(9(2)17)13-15-12(16-18-13)7-10-4-3-5-11(14)6-10/h3-6,8H,7H2,1-2H3. The Balaban J connectivity index is 2.14. The summed E-state index contributed by atoms with van der Waals surface area (Å²) < 4.78 is 6.11. The minimum atomic E-state index is -0.339. The summed E-state index contributed by atoms with van der Waals surface area (Å²) in [5.41, 5.74) is 1.09. The second kappa shape index (κ2) is 5.44. The van der Waals surface area contributed by atoms with Crippen molar-refractivity contribution in [3.63, 3.8) is 0 Å². The number of benzene rings is 1. The molecule has 94 valence electrons. The average Bonchev–Trinajstić information content (AvgIpc) is 2.76. The van der Waals surface area contributed by atoms with E-state index in [4.69, 9.17) is 4.52 Å². The first kappa shape index (κ1) is 13.0. The van der Waals surface area contributed by atoms with Crippen LogP contribution in [0.4, 0.5) is 0 Å². The first-order valence-corrected chi connectivity index (χ1v) is 6.43. The largest absolute Gasteiger partial charge is 0.339 e. The van der Waals surface area contributed by atoms with Gasteiger partial charge in [0.05, 0.1) is 5.92 Å². The van der Waals surface area contributed by atoms with Crippen LogP contribution in [0.25, 0.3) is 0 Å². The van der Waals surface area contributed by atoms with Gasteiger partial charge >= 0.3 is 0 Å². The van der Waals surface area contributed by atoms with Gasteiger partial charge in [-0.3, -0.25) is 4.79 Å². The molecule has 0 aliphatic carbocycles. The predicted molar refractivity (Wildman–Crippen MR) is 70.3 cm³/mol. The molecule has 18 heavy (non-hydrogen) atoms. The Kier molecular flexibility index (Phi) is 3.91. The van der Waals surface area contributed by atoms with E-state index in [2.05, 4.69) is 26.1 Å². The van der Waals surface area contributed by atoms with Gasteiger partial charge in [0.15, 0.2) is 5.82 Å². The molecule has 0 fully saturated rings. The summed E-state index contributed by atoms with van der Waals surface area (Å²) in [5.74, 6) is 0.658. The van der Waals surface area contributed by atoms with E-state index in [1.165, 1.54) is 6.92 Å². The molecular formula is C13H13BrN2O2. The third kappa shape index (κ3) is 3.04. The number of rotatable bonds is 4. The zero-order valence-corrected chi connectivity index (χ0v) is 11.8. The van der Waals surface area contributed by atoms with E-state index in [1.807, 2.05) is 24.3 Å². The maximum atomic E-state index is 11.2. The predicted octanol–water partition coefficient (Wildman–Crippen LogP) is 3.12. The van der Waals surface area contributed by atoms with Gasteiger partial charge in [0.2, 0.25) is 5.89 Å². The van der Waals surface area contributed by atoms with Crippen molar-refractivity contribution in [2.24, 2.45) is 0 Å². The van der Waals surface area contributed by atoms with E-state index in [0.29, 0.717) is 18.1 Å². The molecule has 5 heteroatoms. The smallest absolute Gasteiger partial charge is 0.236 e. The lowest BCUT2D eigenvalue weighted by atomic mass is 10.1. The minimum Gasteiger partial charge on any atom is -0.339 e. The van der Waals surface area contributed by atoms with Gasteiger partial charge in [0, 0.05) is 10.9 Å². The fourth-order valence-electron chi connectivity index (χ4n) is 1.52. The van der Waals surface area contributed by atoms with Crippen LogP contribution in [-0.4, -0.2) is 15.9 Å². The summed E-state index contributed by atoms with van der Waals surface area (Å²) >= 11 is 3.41. The topological polar surface area (TPSA) is 56.0 Å². The highest BCUT2D eigenvalue weighted by molar-refractivity contribution is 9.10. The summed E-state index contributed by atoms with van der Waals surface area (Å²) in [4.78, 5) is 15.5. The molecule has 0 bridgehead atoms. The number of aromatic nitrogens is 2. The first-order valence-electron chi connectivity index (χ1n) is 5.63. The molecule has 0 amide bonds. The van der Waals surface area contributed by atoms with Crippen molar-refractivity contribution >= 4 is 21.7 Å². The maximum Gasteiger partial charge on any atom is 0.236 e. The van der Waals surface area contributed by atoms with E-state index in [9.17, 15) is 4.79 Å². The molecule has 1 heterocycles. The lowest BCUT2D eigenvalue weighted by molar-refractivity contribution is -0.118. The summed E-state index contributed by atoms with van der Waals surface area (Å²) in [6, 6.07) is 7.92. The van der Waals surface area contributed by atoms with Gasteiger partial charge in [-0.15, -0.1) is 0 Å². The number of Topliss-reactive ketones (excluding diaryl/α,β-unsaturated/α-hetero) is 1. The fraction of sp³-hybridized carbons (Fsp3) is 0.308. The van der Waals surface area contributed by atoms with Gasteiger partial charge < -0.3 is 4.52 Å². The Morgan fingerprint density at radius 1 is 1.50 bits per heavy atom. The van der Waals surface area contributed by atoms with Crippen molar-refractivity contribution in [1.82, 2.24) is 10.1 Å². The highest BCUT2D eigenvalue weighted by Gasteiger charge is 2.18. The van der Waals surface area contributed by atoms with Crippen LogP contribution in [0.2, 0.25) is 0 Å². The van der Waals surface area contributed by atoms with Crippen LogP contribution in [0, 0.1) is 0 Å². The number of carbonyl (C=O) groups excluding carboxylic acids is 1. The molecule has 0 radical (unpaired) electrons. The third-order valence-electron chi connectivity index (χ3n) is 2.72. The normalized spacial score (nSPS) is 12.4. The maximum absolute atomic E-state index is 11.2. The molecule has 0 saturated heterocycles. The second-order valence-corrected chi connectivity index (χ2v) is 5.10. The van der Waals surface area contributed by atoms with Crippen molar-refractivity contribution in [3.8, 4) is 0 Å². The van der Waals surface area contributed by atoms with E-state index in [-0.39, 0.29) is 11.7 Å². The molecule has 0 N–H and O–H groups in total. The zero-order valence-electron chi connectivity index (χ0n) is 10.2. The monoisotopic (exact) mass is 308 g/mol. The SMILES string of the molecule is CC(=O)C(C)c1nc(Cc2cccc(Br)c2)no1. The number of carbonyl (C=O) groups is 1. The Bertz CT molecular complexity index is 566. The fourth-order valence-corrected chi connectivity index (χ4v) is 1.97. The Hall–Kier alpha value is -1.49. The molecule has 0 aliphatic rings. The Morgan fingerprint density at radius 3 is 2.94 bits per heavy atom. The van der Waals surface area contributed by atoms with Gasteiger partial charge in [-0.05, 0) is 31.5 Å². The van der Waals surface area contributed by atoms with Crippen LogP contribution in [0.1, 0.15) is 37.0 Å². The summed E-state index contributed by atoms with van der Waals surface area (Å²) in [6.45, 7) is 3.28. The van der Waals surface area contributed by atoms with Crippen molar-refractivity contribution in [2.45, 2.75) is 26.2 Å². The van der Waals surface area contributed by atoms with Crippen molar-refractivity contribution < 1.29 is 9.32 Å². The van der Waals surface area contributed by atoms with Crippen LogP contribution in [0.5, 0.6) is 0 Å². The van der Waals surface area contributed by atoms with Crippen molar-refractivity contribution in [1.29, 1.82) is 0 Å². The van der Waals surface area contributed by atoms with Gasteiger partial charge in [-0.25, -0.2) is 0 Å². The minimum absolute atomic E-state index is 0.0210. The highest BCUT2D eigenvalue weighted by Crippen LogP contribution is 2.17. The molecule has 2 aromatic rings. The number of hydrogen-bond acceptors (Lipinski definition) is 4. The van der Waals surface area contributed by atoms with E-state index >= 15 is 0 Å². The number of ketones is 1. The van der Waals surface area contributed by atoms with Gasteiger partial charge in [0.1, 0.15) is 5.78 Å². The molecule has 2 rings (SSSR count). The van der Waals surface area contributed by atoms with Gasteiger partial charge in [-0.1, -0.05) is 33.2 Å². The molecule has 1 unspecified atom stereocenters. The second-order valence-electron chi connectivity index (χ2n) is 4.19. The molecule has 1 aromatic carbocycles. The third-order valence-corrected chi connectivity index (χ3v) is 3.21. The van der Waals surface area contributed by atoms with E-state index in [0.717, 1.165) is 10.0 Å². The molecule has 0 spiro atoms. The average molecular weight is 309 g/mol. The highest BCUT2D eigenvalue weighted by atomic mass is 79.9. The lowest BCUT2D eigenvalue weighted by Crippen LogP contribution is -2.04. The molecular weight excluding hydrogens is 296 g/mol. The van der Waals surface area contributed by atoms with Crippen LogP contribution in [0.15, 0.2) is 33.3 Å². The summed E-state index contributed by atoms with van der Waals surface area (Å²) in [6.07, 6.45) is 0.591. The number of hydrogen-bond donors (Lipinski definition) is 0. The molecule has 1 atom stereocenters. The van der Waals surface area contributed by atoms with Crippen LogP contribution in [-0.2, 0) is 11.2 Å². The van der Waals surface area contributed by atoms with Gasteiger partial charge in [0.25, 0.3) is 0 Å². The summed E-state index contributed by atoms with van der Waals surface area (Å²) in [7, 11) is 0. The quantitative estimate of drug-likeness (QED) is 0.871. The Morgan fingerprint density at radius 2 is 2.28 bits per heavy atom. The van der Waals surface area contributed by atoms with E-state index < -0.39 is 0 Å². The molecule has 0 aliphatic heterocycles. The van der Waals surface area contributed by atoms with Gasteiger partial charge in [-0.2, -0.15) is 4.98 Å². The summed E-state index contributed by atoms with van der Waals surface area (Å²) in [5, 5.41) is 3.89. The van der Waals surface area contributed by atoms with Crippen molar-refractivity contribution in [2.75, 3.05) is 0 Å². The first-order chi connectivity index (χ1) is 8.56. The Labute approximate surface area is 114 Å². The number of nitrogens with zero attached hydrogens (tertiary/aromatic N) is 2. The van der Waals surface area contributed by atoms with Crippen LogP contribution < -0.4 is 0 Å². The van der Waals surface area contributed by atoms with E-state index in [1.54, 1.807) is 6.92 Å². The molecule has 1 aromatic heterocycles.